The van der Waals surface area contributed by atoms with Crippen LogP contribution in [-0.4, -0.2) is 125 Å². The first-order valence-electron chi connectivity index (χ1n) is 10.6. The molecule has 8 heteroatoms. The number of hydrogen-bond donors (Lipinski definition) is 1. The van der Waals surface area contributed by atoms with E-state index in [0.29, 0.717) is 36.6 Å². The molecule has 0 saturated carbocycles. The van der Waals surface area contributed by atoms with Gasteiger partial charge >= 0.3 is 0 Å². The zero-order chi connectivity index (χ0) is 18.1. The number of rotatable bonds is 16. The largest absolute Gasteiger partial charge is 0.373 e. The molecule has 5 aliphatic rings. The monoisotopic (exact) mass is 383 g/mol. The molecule has 0 amide bonds. The van der Waals surface area contributed by atoms with Crippen molar-refractivity contribution in [2.24, 2.45) is 0 Å². The van der Waals surface area contributed by atoms with Crippen LogP contribution in [0.5, 0.6) is 0 Å². The highest BCUT2D eigenvalue weighted by atomic mass is 16.6. The standard InChI is InChI=1S/C19H33N3O5/c1(2-21(5-16-10-24-16)6-17-11-25-17)20-4-14(3-15-9-23-15)22(7-18-12-26-18)8-19-13-27-19/h14-20H,1-13H2. The summed E-state index contributed by atoms with van der Waals surface area (Å²) in [7, 11) is 0. The molecule has 0 bridgehead atoms. The normalized spacial score (nSPS) is 36.9. The molecule has 5 saturated heterocycles. The second kappa shape index (κ2) is 8.59. The van der Waals surface area contributed by atoms with Crippen LogP contribution in [0, 0.1) is 0 Å². The topological polar surface area (TPSA) is 81.2 Å². The number of nitrogens with zero attached hydrogens (tertiary/aromatic N) is 2. The van der Waals surface area contributed by atoms with E-state index >= 15 is 0 Å². The fourth-order valence-electron chi connectivity index (χ4n) is 3.80. The summed E-state index contributed by atoms with van der Waals surface area (Å²) < 4.78 is 27.3. The van der Waals surface area contributed by atoms with Crippen LogP contribution in [0.4, 0.5) is 0 Å². The van der Waals surface area contributed by atoms with Gasteiger partial charge in [0.2, 0.25) is 0 Å². The van der Waals surface area contributed by atoms with E-state index in [0.717, 1.165) is 85.3 Å². The average molecular weight is 383 g/mol. The summed E-state index contributed by atoms with van der Waals surface area (Å²) in [5.74, 6) is 0. The molecule has 0 aliphatic carbocycles. The molecule has 6 atom stereocenters. The highest BCUT2D eigenvalue weighted by molar-refractivity contribution is 4.89. The van der Waals surface area contributed by atoms with Gasteiger partial charge in [0, 0.05) is 51.9 Å². The minimum Gasteiger partial charge on any atom is -0.373 e. The maximum atomic E-state index is 5.52. The molecule has 27 heavy (non-hydrogen) atoms. The predicted octanol–water partition coefficient (Wildman–Crippen LogP) is -1.07. The Kier molecular flexibility index (Phi) is 5.94. The van der Waals surface area contributed by atoms with E-state index in [4.69, 9.17) is 23.7 Å². The van der Waals surface area contributed by atoms with Crippen molar-refractivity contribution in [2.75, 3.05) is 78.8 Å². The van der Waals surface area contributed by atoms with Gasteiger partial charge in [0.25, 0.3) is 0 Å². The first-order valence-corrected chi connectivity index (χ1v) is 10.6. The van der Waals surface area contributed by atoms with Gasteiger partial charge in [-0.05, 0) is 6.42 Å². The first kappa shape index (κ1) is 18.7. The molecule has 0 spiro atoms. The number of epoxide rings is 5. The van der Waals surface area contributed by atoms with E-state index in [1.165, 1.54) is 0 Å². The van der Waals surface area contributed by atoms with Crippen molar-refractivity contribution < 1.29 is 23.7 Å². The summed E-state index contributed by atoms with van der Waals surface area (Å²) in [6, 6.07) is 0.484. The van der Waals surface area contributed by atoms with Crippen LogP contribution < -0.4 is 5.32 Å². The zero-order valence-corrected chi connectivity index (χ0v) is 16.1. The van der Waals surface area contributed by atoms with E-state index in [1.807, 2.05) is 0 Å². The van der Waals surface area contributed by atoms with Crippen molar-refractivity contribution in [1.29, 1.82) is 0 Å². The van der Waals surface area contributed by atoms with Crippen LogP contribution in [0.2, 0.25) is 0 Å². The van der Waals surface area contributed by atoms with Gasteiger partial charge in [-0.15, -0.1) is 0 Å². The number of hydrogen-bond acceptors (Lipinski definition) is 8. The van der Waals surface area contributed by atoms with Crippen LogP contribution in [0.15, 0.2) is 0 Å². The van der Waals surface area contributed by atoms with E-state index in [2.05, 4.69) is 15.1 Å². The van der Waals surface area contributed by atoms with Gasteiger partial charge in [0.1, 0.15) is 0 Å². The fourth-order valence-corrected chi connectivity index (χ4v) is 3.80. The van der Waals surface area contributed by atoms with Crippen molar-refractivity contribution in [3.8, 4) is 0 Å². The molecular formula is C19H33N3O5. The Hall–Kier alpha value is -0.320. The van der Waals surface area contributed by atoms with Gasteiger partial charge in [0.15, 0.2) is 0 Å². The summed E-state index contributed by atoms with van der Waals surface area (Å²) in [6.45, 7) is 11.7. The minimum absolute atomic E-state index is 0.416. The van der Waals surface area contributed by atoms with E-state index in [9.17, 15) is 0 Å². The lowest BCUT2D eigenvalue weighted by atomic mass is 10.1. The summed E-state index contributed by atoms with van der Waals surface area (Å²) in [6.07, 6.45) is 3.25. The Morgan fingerprint density at radius 1 is 0.704 bits per heavy atom. The van der Waals surface area contributed by atoms with Crippen LogP contribution in [-0.2, 0) is 23.7 Å². The van der Waals surface area contributed by atoms with Crippen molar-refractivity contribution in [3.05, 3.63) is 0 Å². The summed E-state index contributed by atoms with van der Waals surface area (Å²) in [5, 5.41) is 3.70. The van der Waals surface area contributed by atoms with Crippen molar-refractivity contribution >= 4 is 0 Å². The third-order valence-electron chi connectivity index (χ3n) is 5.85. The second-order valence-electron chi connectivity index (χ2n) is 8.58. The average Bonchev–Trinajstić information content (AvgIpc) is 3.46. The highest BCUT2D eigenvalue weighted by Crippen LogP contribution is 2.23. The Morgan fingerprint density at radius 3 is 1.67 bits per heavy atom. The van der Waals surface area contributed by atoms with Crippen LogP contribution >= 0.6 is 0 Å². The Morgan fingerprint density at radius 2 is 1.19 bits per heavy atom. The molecule has 0 aromatic heterocycles. The first-order chi connectivity index (χ1) is 13.3. The Bertz CT molecular complexity index is 450. The number of ether oxygens (including phenoxy) is 5. The quantitative estimate of drug-likeness (QED) is 0.267. The molecule has 1 N–H and O–H groups in total. The van der Waals surface area contributed by atoms with Crippen LogP contribution in [0.1, 0.15) is 6.42 Å². The zero-order valence-electron chi connectivity index (χ0n) is 16.1. The molecule has 0 aromatic rings. The lowest BCUT2D eigenvalue weighted by molar-refractivity contribution is 0.143. The van der Waals surface area contributed by atoms with Crippen molar-refractivity contribution in [3.63, 3.8) is 0 Å². The Labute approximate surface area is 161 Å². The summed E-state index contributed by atoms with van der Waals surface area (Å²) in [5.41, 5.74) is 0. The maximum absolute atomic E-state index is 5.52. The molecule has 6 unspecified atom stereocenters. The molecule has 5 rings (SSSR count). The van der Waals surface area contributed by atoms with Gasteiger partial charge < -0.3 is 29.0 Å². The summed E-state index contributed by atoms with van der Waals surface area (Å²) in [4.78, 5) is 5.05. The molecule has 5 heterocycles. The Balaban J connectivity index is 1.07. The molecule has 154 valence electrons. The van der Waals surface area contributed by atoms with E-state index in [1.54, 1.807) is 0 Å². The molecule has 0 aromatic carbocycles. The van der Waals surface area contributed by atoms with Crippen LogP contribution in [0.3, 0.4) is 0 Å². The minimum atomic E-state index is 0.416. The number of nitrogens with one attached hydrogen (secondary N) is 1. The second-order valence-corrected chi connectivity index (χ2v) is 8.58. The molecule has 5 aliphatic heterocycles. The van der Waals surface area contributed by atoms with Gasteiger partial charge in [-0.25, -0.2) is 0 Å². The lowest BCUT2D eigenvalue weighted by Crippen LogP contribution is -2.48. The third kappa shape index (κ3) is 6.90. The smallest absolute Gasteiger partial charge is 0.0936 e. The SMILES string of the molecule is C(CN(CC1CO1)CC1CO1)NCC(CC1CO1)N(CC1CO1)CC1CO1. The summed E-state index contributed by atoms with van der Waals surface area (Å²) >= 11 is 0. The molecule has 5 fully saturated rings. The van der Waals surface area contributed by atoms with Crippen LogP contribution in [0.25, 0.3) is 0 Å². The fraction of sp³-hybridized carbons (Fsp3) is 1.00. The predicted molar refractivity (Wildman–Crippen MR) is 98.0 cm³/mol. The van der Waals surface area contributed by atoms with Gasteiger partial charge in [0.05, 0.1) is 63.6 Å². The molecule has 8 nitrogen and oxygen atoms in total. The van der Waals surface area contributed by atoms with E-state index in [-0.39, 0.29) is 0 Å². The van der Waals surface area contributed by atoms with Gasteiger partial charge in [-0.2, -0.15) is 0 Å². The van der Waals surface area contributed by atoms with Crippen molar-refractivity contribution in [2.45, 2.75) is 43.0 Å². The van der Waals surface area contributed by atoms with Crippen molar-refractivity contribution in [1.82, 2.24) is 15.1 Å². The molecule has 0 radical (unpaired) electrons. The van der Waals surface area contributed by atoms with E-state index < -0.39 is 0 Å². The highest BCUT2D eigenvalue weighted by Gasteiger charge is 2.37. The maximum Gasteiger partial charge on any atom is 0.0936 e. The third-order valence-corrected chi connectivity index (χ3v) is 5.85. The lowest BCUT2D eigenvalue weighted by Gasteiger charge is -2.31. The molecular weight excluding hydrogens is 350 g/mol. The van der Waals surface area contributed by atoms with Gasteiger partial charge in [-0.1, -0.05) is 0 Å². The van der Waals surface area contributed by atoms with Gasteiger partial charge in [-0.3, -0.25) is 9.80 Å².